The van der Waals surface area contributed by atoms with E-state index in [0.29, 0.717) is 19.6 Å². The van der Waals surface area contributed by atoms with Crippen LogP contribution in [0.4, 0.5) is 0 Å². The Balaban J connectivity index is 1.75. The maximum absolute atomic E-state index is 12.0. The van der Waals surface area contributed by atoms with E-state index in [2.05, 4.69) is 0 Å². The van der Waals surface area contributed by atoms with E-state index in [1.165, 1.54) is 0 Å². The topological polar surface area (TPSA) is 49.8 Å². The number of β-amino-alcohol motifs (C(OH)–C–C–N with tert-alkyl or cyclic N) is 1. The molecule has 0 radical (unpaired) electrons. The molecule has 1 aliphatic heterocycles. The number of hydrogen-bond donors (Lipinski definition) is 1. The molecule has 1 N–H and O–H groups in total. The molecule has 0 aromatic heterocycles. The van der Waals surface area contributed by atoms with Gasteiger partial charge >= 0.3 is 0 Å². The van der Waals surface area contributed by atoms with Crippen LogP contribution in [0, 0.1) is 0 Å². The summed E-state index contributed by atoms with van der Waals surface area (Å²) >= 11 is 0. The molecule has 1 aliphatic rings. The quantitative estimate of drug-likeness (QED) is 0.901. The van der Waals surface area contributed by atoms with Crippen LogP contribution in [0.1, 0.15) is 26.2 Å². The first-order valence-electron chi connectivity index (χ1n) is 6.75. The lowest BCUT2D eigenvalue weighted by Gasteiger charge is -2.36. The van der Waals surface area contributed by atoms with Gasteiger partial charge in [-0.1, -0.05) is 18.2 Å². The summed E-state index contributed by atoms with van der Waals surface area (Å²) in [6, 6.07) is 9.47. The number of piperidine rings is 1. The van der Waals surface area contributed by atoms with Gasteiger partial charge in [0, 0.05) is 13.1 Å². The molecule has 1 saturated heterocycles. The summed E-state index contributed by atoms with van der Waals surface area (Å²) in [5.41, 5.74) is -0.742. The fraction of sp³-hybridized carbons (Fsp3) is 0.533. The fourth-order valence-corrected chi connectivity index (χ4v) is 2.36. The van der Waals surface area contributed by atoms with Gasteiger partial charge in [0.05, 0.1) is 18.6 Å². The number of carbonyl (C=O) groups excluding carboxylic acids is 1. The van der Waals surface area contributed by atoms with Crippen molar-refractivity contribution in [3.63, 3.8) is 0 Å². The number of likely N-dealkylation sites (tertiary alicyclic amines) is 1. The number of para-hydroxylation sites is 1. The van der Waals surface area contributed by atoms with Crippen molar-refractivity contribution >= 4 is 5.91 Å². The van der Waals surface area contributed by atoms with Crippen LogP contribution in [0.2, 0.25) is 0 Å². The lowest BCUT2D eigenvalue weighted by Crippen LogP contribution is -2.48. The molecule has 0 aliphatic carbocycles. The maximum Gasteiger partial charge on any atom is 0.226 e. The Bertz CT molecular complexity index is 417. The van der Waals surface area contributed by atoms with E-state index in [1.54, 1.807) is 11.8 Å². The Labute approximate surface area is 114 Å². The lowest BCUT2D eigenvalue weighted by atomic mass is 9.95. The van der Waals surface area contributed by atoms with Crippen molar-refractivity contribution in [3.05, 3.63) is 30.3 Å². The van der Waals surface area contributed by atoms with Crippen LogP contribution in [0.25, 0.3) is 0 Å². The Hall–Kier alpha value is -1.55. The summed E-state index contributed by atoms with van der Waals surface area (Å²) in [5.74, 6) is 0.830. The van der Waals surface area contributed by atoms with Crippen molar-refractivity contribution in [1.29, 1.82) is 0 Å². The van der Waals surface area contributed by atoms with Gasteiger partial charge in [-0.05, 0) is 31.9 Å². The Morgan fingerprint density at radius 3 is 2.84 bits per heavy atom. The maximum atomic E-state index is 12.0. The zero-order valence-corrected chi connectivity index (χ0v) is 11.3. The minimum atomic E-state index is -0.742. The van der Waals surface area contributed by atoms with E-state index in [-0.39, 0.29) is 5.91 Å². The van der Waals surface area contributed by atoms with Gasteiger partial charge in [0.25, 0.3) is 0 Å². The van der Waals surface area contributed by atoms with Crippen LogP contribution in [0.5, 0.6) is 5.75 Å². The zero-order valence-electron chi connectivity index (χ0n) is 11.3. The van der Waals surface area contributed by atoms with Crippen LogP contribution in [0.15, 0.2) is 30.3 Å². The van der Waals surface area contributed by atoms with Crippen molar-refractivity contribution < 1.29 is 14.6 Å². The number of amides is 1. The molecule has 104 valence electrons. The van der Waals surface area contributed by atoms with Crippen molar-refractivity contribution in [1.82, 2.24) is 4.90 Å². The number of ether oxygens (including phenoxy) is 1. The number of carbonyl (C=O) groups is 1. The van der Waals surface area contributed by atoms with Crippen molar-refractivity contribution in [2.75, 3.05) is 19.7 Å². The van der Waals surface area contributed by atoms with Gasteiger partial charge in [0.2, 0.25) is 5.91 Å². The number of hydrogen-bond acceptors (Lipinski definition) is 3. The third-order valence-corrected chi connectivity index (χ3v) is 3.36. The predicted octanol–water partition coefficient (Wildman–Crippen LogP) is 1.83. The highest BCUT2D eigenvalue weighted by molar-refractivity contribution is 5.76. The summed E-state index contributed by atoms with van der Waals surface area (Å²) in [7, 11) is 0. The molecule has 1 unspecified atom stereocenters. The van der Waals surface area contributed by atoms with Crippen molar-refractivity contribution in [2.24, 2.45) is 0 Å². The summed E-state index contributed by atoms with van der Waals surface area (Å²) in [6.07, 6.45) is 1.97. The molecule has 0 bridgehead atoms. The first-order valence-corrected chi connectivity index (χ1v) is 6.75. The van der Waals surface area contributed by atoms with Crippen LogP contribution < -0.4 is 4.74 Å². The average molecular weight is 263 g/mol. The molecule has 1 aromatic rings. The summed E-state index contributed by atoms with van der Waals surface area (Å²) < 4.78 is 5.51. The Kier molecular flexibility index (Phi) is 4.43. The monoisotopic (exact) mass is 263 g/mol. The molecular formula is C15H21NO3. The molecule has 19 heavy (non-hydrogen) atoms. The van der Waals surface area contributed by atoms with Crippen LogP contribution in [-0.2, 0) is 4.79 Å². The summed E-state index contributed by atoms with van der Waals surface area (Å²) in [6.45, 7) is 3.33. The molecule has 0 saturated carbocycles. The molecule has 4 nitrogen and oxygen atoms in total. The third kappa shape index (κ3) is 4.24. The minimum absolute atomic E-state index is 0.0518. The minimum Gasteiger partial charge on any atom is -0.493 e. The number of aliphatic hydroxyl groups is 1. The molecule has 0 spiro atoms. The van der Waals surface area contributed by atoms with E-state index in [1.807, 2.05) is 30.3 Å². The van der Waals surface area contributed by atoms with Crippen molar-refractivity contribution in [2.45, 2.75) is 31.8 Å². The third-order valence-electron chi connectivity index (χ3n) is 3.36. The molecule has 1 heterocycles. The molecule has 4 heteroatoms. The molecule has 1 aromatic carbocycles. The highest BCUT2D eigenvalue weighted by atomic mass is 16.5. The van der Waals surface area contributed by atoms with Crippen LogP contribution in [0.3, 0.4) is 0 Å². The van der Waals surface area contributed by atoms with Gasteiger partial charge in [0.15, 0.2) is 0 Å². The summed E-state index contributed by atoms with van der Waals surface area (Å²) in [4.78, 5) is 13.7. The van der Waals surface area contributed by atoms with E-state index in [9.17, 15) is 9.90 Å². The van der Waals surface area contributed by atoms with Gasteiger partial charge < -0.3 is 14.7 Å². The molecular weight excluding hydrogens is 242 g/mol. The number of benzene rings is 1. The molecule has 1 fully saturated rings. The summed E-state index contributed by atoms with van der Waals surface area (Å²) in [5, 5.41) is 9.97. The number of rotatable bonds is 4. The average Bonchev–Trinajstić information content (AvgIpc) is 2.38. The second kappa shape index (κ2) is 6.06. The van der Waals surface area contributed by atoms with Crippen LogP contribution in [-0.4, -0.2) is 41.2 Å². The van der Waals surface area contributed by atoms with Gasteiger partial charge in [-0.2, -0.15) is 0 Å². The first-order chi connectivity index (χ1) is 9.07. The van der Waals surface area contributed by atoms with E-state index < -0.39 is 5.60 Å². The standard InChI is InChI=1S/C15H21NO3/c1-15(18)9-5-10-16(12-15)14(17)8-11-19-13-6-3-2-4-7-13/h2-4,6-7,18H,5,8-12H2,1H3. The van der Waals surface area contributed by atoms with E-state index in [4.69, 9.17) is 4.74 Å². The van der Waals surface area contributed by atoms with Crippen LogP contribution >= 0.6 is 0 Å². The highest BCUT2D eigenvalue weighted by Gasteiger charge is 2.30. The van der Waals surface area contributed by atoms with Gasteiger partial charge in [-0.25, -0.2) is 0 Å². The molecule has 1 amide bonds. The Morgan fingerprint density at radius 1 is 1.42 bits per heavy atom. The second-order valence-electron chi connectivity index (χ2n) is 5.33. The Morgan fingerprint density at radius 2 is 2.16 bits per heavy atom. The van der Waals surface area contributed by atoms with Gasteiger partial charge in [0.1, 0.15) is 5.75 Å². The largest absolute Gasteiger partial charge is 0.493 e. The molecule has 2 rings (SSSR count). The van der Waals surface area contributed by atoms with Gasteiger partial charge in [-0.3, -0.25) is 4.79 Å². The fourth-order valence-electron chi connectivity index (χ4n) is 2.36. The predicted molar refractivity (Wildman–Crippen MR) is 73.0 cm³/mol. The van der Waals surface area contributed by atoms with E-state index >= 15 is 0 Å². The van der Waals surface area contributed by atoms with E-state index in [0.717, 1.165) is 25.1 Å². The normalized spacial score (nSPS) is 23.2. The lowest BCUT2D eigenvalue weighted by molar-refractivity contribution is -0.138. The van der Waals surface area contributed by atoms with Gasteiger partial charge in [-0.15, -0.1) is 0 Å². The smallest absolute Gasteiger partial charge is 0.226 e. The highest BCUT2D eigenvalue weighted by Crippen LogP contribution is 2.20. The zero-order chi connectivity index (χ0) is 13.7. The number of nitrogens with zero attached hydrogens (tertiary/aromatic N) is 1. The second-order valence-corrected chi connectivity index (χ2v) is 5.33. The SMILES string of the molecule is CC1(O)CCCN(C(=O)CCOc2ccccc2)C1. The first kappa shape index (κ1) is 13.9. The molecule has 1 atom stereocenters. The van der Waals surface area contributed by atoms with Crippen molar-refractivity contribution in [3.8, 4) is 5.75 Å².